The lowest BCUT2D eigenvalue weighted by molar-refractivity contribution is 0.978. The third-order valence-corrected chi connectivity index (χ3v) is 6.27. The van der Waals surface area contributed by atoms with Crippen LogP contribution >= 0.6 is 27.3 Å². The van der Waals surface area contributed by atoms with E-state index in [1.54, 1.807) is 0 Å². The highest BCUT2D eigenvalue weighted by Gasteiger charge is 2.20. The van der Waals surface area contributed by atoms with Crippen LogP contribution in [0.2, 0.25) is 0 Å². The summed E-state index contributed by atoms with van der Waals surface area (Å²) >= 11 is 5.82. The van der Waals surface area contributed by atoms with Crippen molar-refractivity contribution in [3.05, 3.63) is 56.3 Å². The van der Waals surface area contributed by atoms with Gasteiger partial charge in [-0.3, -0.25) is 0 Å². The number of alkyl halides is 1. The summed E-state index contributed by atoms with van der Waals surface area (Å²) in [6.07, 6.45) is 3.32. The van der Waals surface area contributed by atoms with Crippen LogP contribution in [0, 0.1) is 6.92 Å². The molecule has 1 unspecified atom stereocenters. The Hall–Kier alpha value is -0.600. The third kappa shape index (κ3) is 3.01. The van der Waals surface area contributed by atoms with Gasteiger partial charge in [-0.05, 0) is 65.4 Å². The van der Waals surface area contributed by atoms with E-state index >= 15 is 0 Å². The minimum atomic E-state index is 0.332. The molecule has 0 amide bonds. The molecular formula is C18H23BrS. The molecule has 0 spiro atoms. The average molecular weight is 351 g/mol. The van der Waals surface area contributed by atoms with Crippen molar-refractivity contribution in [3.8, 4) is 0 Å². The summed E-state index contributed by atoms with van der Waals surface area (Å²) in [6, 6.07) is 7.00. The lowest BCUT2D eigenvalue weighted by Gasteiger charge is -2.20. The van der Waals surface area contributed by atoms with Crippen LogP contribution in [0.15, 0.2) is 23.6 Å². The van der Waals surface area contributed by atoms with E-state index in [1.165, 1.54) is 32.7 Å². The van der Waals surface area contributed by atoms with Gasteiger partial charge in [0, 0.05) is 4.88 Å². The Morgan fingerprint density at radius 2 is 1.65 bits per heavy atom. The van der Waals surface area contributed by atoms with Gasteiger partial charge < -0.3 is 0 Å². The number of hydrogen-bond donors (Lipinski definition) is 0. The van der Waals surface area contributed by atoms with Crippen molar-refractivity contribution in [2.24, 2.45) is 0 Å². The number of benzene rings is 1. The van der Waals surface area contributed by atoms with Gasteiger partial charge in [0.2, 0.25) is 0 Å². The lowest BCUT2D eigenvalue weighted by atomic mass is 9.91. The molecule has 0 aliphatic rings. The fourth-order valence-corrected chi connectivity index (χ4v) is 4.92. The molecular weight excluding hydrogens is 328 g/mol. The second kappa shape index (κ2) is 6.91. The van der Waals surface area contributed by atoms with Crippen molar-refractivity contribution < 1.29 is 0 Å². The van der Waals surface area contributed by atoms with E-state index in [-0.39, 0.29) is 0 Å². The molecule has 20 heavy (non-hydrogen) atoms. The van der Waals surface area contributed by atoms with Gasteiger partial charge in [0.1, 0.15) is 0 Å². The normalized spacial score (nSPS) is 12.7. The Morgan fingerprint density at radius 1 is 1.05 bits per heavy atom. The molecule has 1 heterocycles. The summed E-state index contributed by atoms with van der Waals surface area (Å²) in [5.41, 5.74) is 7.34. The minimum absolute atomic E-state index is 0.332. The first kappa shape index (κ1) is 15.8. The minimum Gasteiger partial charge on any atom is -0.147 e. The summed E-state index contributed by atoms with van der Waals surface area (Å²) in [7, 11) is 0. The van der Waals surface area contributed by atoms with E-state index in [1.807, 2.05) is 11.3 Å². The van der Waals surface area contributed by atoms with Gasteiger partial charge in [-0.1, -0.05) is 48.8 Å². The second-order valence-corrected chi connectivity index (χ2v) is 7.08. The number of hydrogen-bond acceptors (Lipinski definition) is 1. The number of halogens is 1. The first-order valence-electron chi connectivity index (χ1n) is 7.44. The zero-order valence-corrected chi connectivity index (χ0v) is 15.2. The van der Waals surface area contributed by atoms with E-state index in [4.69, 9.17) is 0 Å². The topological polar surface area (TPSA) is 0 Å². The maximum Gasteiger partial charge on any atom is 0.0746 e. The summed E-state index contributed by atoms with van der Waals surface area (Å²) in [5, 5.41) is 2.19. The largest absolute Gasteiger partial charge is 0.147 e. The maximum absolute atomic E-state index is 3.96. The van der Waals surface area contributed by atoms with Crippen molar-refractivity contribution in [3.63, 3.8) is 0 Å². The van der Waals surface area contributed by atoms with Gasteiger partial charge in [0.25, 0.3) is 0 Å². The van der Waals surface area contributed by atoms with Crippen molar-refractivity contribution in [2.75, 3.05) is 0 Å². The first-order valence-corrected chi connectivity index (χ1v) is 9.24. The van der Waals surface area contributed by atoms with Gasteiger partial charge in [-0.2, -0.15) is 0 Å². The summed E-state index contributed by atoms with van der Waals surface area (Å²) in [5.74, 6) is 0. The highest BCUT2D eigenvalue weighted by molar-refractivity contribution is 9.09. The van der Waals surface area contributed by atoms with Crippen LogP contribution in [-0.2, 0) is 19.3 Å². The zero-order valence-electron chi connectivity index (χ0n) is 12.8. The highest BCUT2D eigenvalue weighted by Crippen LogP contribution is 2.40. The monoisotopic (exact) mass is 350 g/mol. The van der Waals surface area contributed by atoms with Gasteiger partial charge in [-0.15, -0.1) is 11.3 Å². The Morgan fingerprint density at radius 3 is 2.05 bits per heavy atom. The number of aryl methyl sites for hydroxylation is 4. The second-order valence-electron chi connectivity index (χ2n) is 5.22. The summed E-state index contributed by atoms with van der Waals surface area (Å²) in [4.78, 5) is 1.77. The van der Waals surface area contributed by atoms with Gasteiger partial charge in [0.15, 0.2) is 0 Å². The molecule has 0 radical (unpaired) electrons. The van der Waals surface area contributed by atoms with E-state index in [0.717, 1.165) is 19.3 Å². The fraction of sp³-hybridized carbons (Fsp3) is 0.444. The quantitative estimate of drug-likeness (QED) is 0.560. The van der Waals surface area contributed by atoms with Crippen LogP contribution in [0.5, 0.6) is 0 Å². The molecule has 2 rings (SSSR count). The summed E-state index contributed by atoms with van der Waals surface area (Å²) < 4.78 is 0. The van der Waals surface area contributed by atoms with E-state index in [0.29, 0.717) is 4.83 Å². The van der Waals surface area contributed by atoms with Crippen molar-refractivity contribution in [1.82, 2.24) is 0 Å². The third-order valence-electron chi connectivity index (χ3n) is 3.97. The molecule has 0 bridgehead atoms. The molecule has 0 nitrogen and oxygen atoms in total. The Bertz CT molecular complexity index is 558. The van der Waals surface area contributed by atoms with Crippen LogP contribution in [-0.4, -0.2) is 0 Å². The van der Waals surface area contributed by atoms with Crippen LogP contribution in [0.3, 0.4) is 0 Å². The van der Waals surface area contributed by atoms with Gasteiger partial charge >= 0.3 is 0 Å². The molecule has 0 saturated carbocycles. The molecule has 2 aromatic rings. The Labute approximate surface area is 135 Å². The molecule has 0 aliphatic heterocycles. The van der Waals surface area contributed by atoms with E-state index < -0.39 is 0 Å². The molecule has 1 aromatic carbocycles. The zero-order chi connectivity index (χ0) is 14.7. The van der Waals surface area contributed by atoms with E-state index in [2.05, 4.69) is 67.2 Å². The molecule has 0 saturated heterocycles. The highest BCUT2D eigenvalue weighted by atomic mass is 79.9. The van der Waals surface area contributed by atoms with Crippen molar-refractivity contribution in [2.45, 2.75) is 51.8 Å². The predicted octanol–water partition coefficient (Wildman–Crippen LogP) is 6.23. The average Bonchev–Trinajstić information content (AvgIpc) is 2.91. The number of thiophene rings is 1. The van der Waals surface area contributed by atoms with Crippen molar-refractivity contribution >= 4 is 27.3 Å². The molecule has 0 aliphatic carbocycles. The fourth-order valence-electron chi connectivity index (χ4n) is 2.74. The van der Waals surface area contributed by atoms with Crippen molar-refractivity contribution in [1.29, 1.82) is 0 Å². The van der Waals surface area contributed by atoms with Crippen LogP contribution in [0.1, 0.15) is 58.3 Å². The van der Waals surface area contributed by atoms with E-state index in [9.17, 15) is 0 Å². The Balaban J connectivity index is 2.57. The molecule has 0 N–H and O–H groups in total. The summed E-state index contributed by atoms with van der Waals surface area (Å²) in [6.45, 7) is 8.97. The molecule has 0 fully saturated rings. The van der Waals surface area contributed by atoms with Crippen LogP contribution in [0.25, 0.3) is 0 Å². The smallest absolute Gasteiger partial charge is 0.0746 e. The number of rotatable bonds is 5. The predicted molar refractivity (Wildman–Crippen MR) is 94.4 cm³/mol. The van der Waals surface area contributed by atoms with Crippen LogP contribution < -0.4 is 0 Å². The van der Waals surface area contributed by atoms with Gasteiger partial charge in [0.05, 0.1) is 4.83 Å². The standard InChI is InChI=1S/C18H23BrS/c1-5-13-10-14(6-2)16(15(7-3)11-13)17(19)18-12(4)8-9-20-18/h8-11,17H,5-7H2,1-4H3. The first-order chi connectivity index (χ1) is 9.62. The van der Waals surface area contributed by atoms with Gasteiger partial charge in [-0.25, -0.2) is 0 Å². The Kier molecular flexibility index (Phi) is 5.45. The lowest BCUT2D eigenvalue weighted by Crippen LogP contribution is -2.04. The molecule has 2 heteroatoms. The molecule has 108 valence electrons. The maximum atomic E-state index is 3.96. The SMILES string of the molecule is CCc1cc(CC)c(C(Br)c2sccc2C)c(CC)c1. The molecule has 1 aromatic heterocycles. The van der Waals surface area contributed by atoms with Crippen LogP contribution in [0.4, 0.5) is 0 Å². The molecule has 1 atom stereocenters.